The van der Waals surface area contributed by atoms with Gasteiger partial charge in [-0.05, 0) is 30.2 Å². The Kier molecular flexibility index (Phi) is 4.99. The summed E-state index contributed by atoms with van der Waals surface area (Å²) in [7, 11) is 0. The van der Waals surface area contributed by atoms with Crippen molar-refractivity contribution in [3.8, 4) is 0 Å². The molecule has 2 saturated heterocycles. The maximum absolute atomic E-state index is 13.8. The highest BCUT2D eigenvalue weighted by molar-refractivity contribution is 5.83. The lowest BCUT2D eigenvalue weighted by Gasteiger charge is -2.36. The maximum Gasteiger partial charge on any atom is 0.244 e. The van der Waals surface area contributed by atoms with E-state index in [2.05, 4.69) is 10.00 Å². The molecule has 0 saturated carbocycles. The van der Waals surface area contributed by atoms with Gasteiger partial charge in [0.1, 0.15) is 11.9 Å². The second kappa shape index (κ2) is 7.55. The minimum absolute atomic E-state index is 0.0344. The molecule has 1 aromatic carbocycles. The van der Waals surface area contributed by atoms with Gasteiger partial charge < -0.3 is 9.64 Å². The van der Waals surface area contributed by atoms with Crippen molar-refractivity contribution in [3.05, 3.63) is 54.1 Å². The van der Waals surface area contributed by atoms with Crippen LogP contribution in [0.3, 0.4) is 0 Å². The molecule has 2 unspecified atom stereocenters. The molecule has 6 nitrogen and oxygen atoms in total. The lowest BCUT2D eigenvalue weighted by atomic mass is 10.0. The fourth-order valence-electron chi connectivity index (χ4n) is 3.85. The van der Waals surface area contributed by atoms with E-state index in [-0.39, 0.29) is 17.8 Å². The number of likely N-dealkylation sites (tertiary alicyclic amines) is 1. The standard InChI is InChI=1S/C19H23FN4O2/c20-16-4-1-3-15(13-16)18(22-9-11-26-12-10-22)19(25)23-8-5-17(14-23)24-7-2-6-21-24/h1-4,6-7,13,17-18H,5,8-12,14H2. The fourth-order valence-corrected chi connectivity index (χ4v) is 3.85. The van der Waals surface area contributed by atoms with Crippen LogP contribution in [0.1, 0.15) is 24.1 Å². The highest BCUT2D eigenvalue weighted by Gasteiger charge is 2.36. The quantitative estimate of drug-likeness (QED) is 0.837. The number of aromatic nitrogens is 2. The van der Waals surface area contributed by atoms with Gasteiger partial charge in [0, 0.05) is 38.6 Å². The molecule has 0 radical (unpaired) electrons. The first-order valence-corrected chi connectivity index (χ1v) is 9.07. The Balaban J connectivity index is 1.56. The third-order valence-corrected chi connectivity index (χ3v) is 5.18. The maximum atomic E-state index is 13.8. The number of carbonyl (C=O) groups is 1. The van der Waals surface area contributed by atoms with E-state index in [1.165, 1.54) is 12.1 Å². The molecule has 3 heterocycles. The van der Waals surface area contributed by atoms with E-state index >= 15 is 0 Å². The summed E-state index contributed by atoms with van der Waals surface area (Å²) in [6.45, 7) is 3.85. The zero-order valence-electron chi connectivity index (χ0n) is 14.6. The number of benzene rings is 1. The van der Waals surface area contributed by atoms with Crippen LogP contribution in [0, 0.1) is 5.82 Å². The summed E-state index contributed by atoms with van der Waals surface area (Å²) in [5, 5.41) is 4.30. The Morgan fingerprint density at radius 1 is 1.23 bits per heavy atom. The van der Waals surface area contributed by atoms with Crippen molar-refractivity contribution in [2.75, 3.05) is 39.4 Å². The molecule has 0 bridgehead atoms. The first kappa shape index (κ1) is 17.2. The van der Waals surface area contributed by atoms with Gasteiger partial charge in [-0.25, -0.2) is 4.39 Å². The van der Waals surface area contributed by atoms with Crippen molar-refractivity contribution in [3.63, 3.8) is 0 Å². The van der Waals surface area contributed by atoms with Gasteiger partial charge in [-0.3, -0.25) is 14.4 Å². The van der Waals surface area contributed by atoms with Crippen LogP contribution in [0.15, 0.2) is 42.7 Å². The molecular weight excluding hydrogens is 335 g/mol. The number of hydrogen-bond donors (Lipinski definition) is 0. The van der Waals surface area contributed by atoms with E-state index in [1.54, 1.807) is 12.3 Å². The van der Waals surface area contributed by atoms with Gasteiger partial charge in [0.05, 0.1) is 19.3 Å². The van der Waals surface area contributed by atoms with Gasteiger partial charge in [-0.1, -0.05) is 12.1 Å². The Morgan fingerprint density at radius 2 is 2.08 bits per heavy atom. The molecule has 2 aromatic rings. The fraction of sp³-hybridized carbons (Fsp3) is 0.474. The molecule has 1 amide bonds. The topological polar surface area (TPSA) is 50.6 Å². The summed E-state index contributed by atoms with van der Waals surface area (Å²) < 4.78 is 21.1. The molecule has 2 atom stereocenters. The first-order chi connectivity index (χ1) is 12.7. The van der Waals surface area contributed by atoms with Crippen LogP contribution in [0.4, 0.5) is 4.39 Å². The van der Waals surface area contributed by atoms with Gasteiger partial charge >= 0.3 is 0 Å². The summed E-state index contributed by atoms with van der Waals surface area (Å²) in [6, 6.07) is 8.02. The molecule has 2 fully saturated rings. The SMILES string of the molecule is O=C(C(c1cccc(F)c1)N1CCOCC1)N1CCC(n2cccn2)C1. The molecule has 0 aliphatic carbocycles. The third kappa shape index (κ3) is 3.50. The Labute approximate surface area is 152 Å². The second-order valence-electron chi connectivity index (χ2n) is 6.82. The normalized spacial score (nSPS) is 22.5. The highest BCUT2D eigenvalue weighted by Crippen LogP contribution is 2.29. The number of hydrogen-bond acceptors (Lipinski definition) is 4. The molecule has 1 aromatic heterocycles. The number of halogens is 1. The molecular formula is C19H23FN4O2. The molecule has 26 heavy (non-hydrogen) atoms. The van der Waals surface area contributed by atoms with E-state index in [0.717, 1.165) is 6.42 Å². The molecule has 2 aliphatic rings. The number of morpholine rings is 1. The monoisotopic (exact) mass is 358 g/mol. The number of rotatable bonds is 4. The van der Waals surface area contributed by atoms with Crippen molar-refractivity contribution in [1.82, 2.24) is 19.6 Å². The van der Waals surface area contributed by atoms with Crippen molar-refractivity contribution >= 4 is 5.91 Å². The highest BCUT2D eigenvalue weighted by atomic mass is 19.1. The van der Waals surface area contributed by atoms with Crippen molar-refractivity contribution in [2.24, 2.45) is 0 Å². The van der Waals surface area contributed by atoms with Gasteiger partial charge in [-0.15, -0.1) is 0 Å². The molecule has 2 aliphatic heterocycles. The summed E-state index contributed by atoms with van der Waals surface area (Å²) in [4.78, 5) is 17.3. The van der Waals surface area contributed by atoms with E-state index in [4.69, 9.17) is 4.74 Å². The summed E-state index contributed by atoms with van der Waals surface area (Å²) in [5.74, 6) is -0.281. The second-order valence-corrected chi connectivity index (χ2v) is 6.82. The number of amides is 1. The molecule has 7 heteroatoms. The molecule has 4 rings (SSSR count). The van der Waals surface area contributed by atoms with Crippen molar-refractivity contribution in [2.45, 2.75) is 18.5 Å². The first-order valence-electron chi connectivity index (χ1n) is 9.07. The largest absolute Gasteiger partial charge is 0.379 e. The van der Waals surface area contributed by atoms with Crippen LogP contribution in [-0.2, 0) is 9.53 Å². The number of ether oxygens (including phenoxy) is 1. The predicted octanol–water partition coefficient (Wildman–Crippen LogP) is 1.87. The third-order valence-electron chi connectivity index (χ3n) is 5.18. The van der Waals surface area contributed by atoms with Gasteiger partial charge in [0.2, 0.25) is 5.91 Å². The summed E-state index contributed by atoms with van der Waals surface area (Å²) in [5.41, 5.74) is 0.708. The van der Waals surface area contributed by atoms with Crippen LogP contribution >= 0.6 is 0 Å². The Hall–Kier alpha value is -2.25. The van der Waals surface area contributed by atoms with E-state index < -0.39 is 6.04 Å². The van der Waals surface area contributed by atoms with Crippen LogP contribution in [0.2, 0.25) is 0 Å². The molecule has 138 valence electrons. The summed E-state index contributed by atoms with van der Waals surface area (Å²) >= 11 is 0. The summed E-state index contributed by atoms with van der Waals surface area (Å²) in [6.07, 6.45) is 4.57. The van der Waals surface area contributed by atoms with Gasteiger partial charge in [-0.2, -0.15) is 5.10 Å². The van der Waals surface area contributed by atoms with E-state index in [9.17, 15) is 9.18 Å². The average molecular weight is 358 g/mol. The molecule has 0 spiro atoms. The Bertz CT molecular complexity index is 746. The minimum atomic E-state index is -0.467. The average Bonchev–Trinajstić information content (AvgIpc) is 3.34. The van der Waals surface area contributed by atoms with E-state index in [0.29, 0.717) is 45.0 Å². The lowest BCUT2D eigenvalue weighted by molar-refractivity contribution is -0.138. The van der Waals surface area contributed by atoms with Crippen molar-refractivity contribution in [1.29, 1.82) is 0 Å². The zero-order chi connectivity index (χ0) is 17.9. The van der Waals surface area contributed by atoms with Crippen LogP contribution < -0.4 is 0 Å². The zero-order valence-corrected chi connectivity index (χ0v) is 14.6. The molecule has 0 N–H and O–H groups in total. The number of nitrogens with zero attached hydrogens (tertiary/aromatic N) is 4. The van der Waals surface area contributed by atoms with Crippen LogP contribution in [0.5, 0.6) is 0 Å². The van der Waals surface area contributed by atoms with Gasteiger partial charge in [0.25, 0.3) is 0 Å². The van der Waals surface area contributed by atoms with Gasteiger partial charge in [0.15, 0.2) is 0 Å². The number of carbonyl (C=O) groups excluding carboxylic acids is 1. The smallest absolute Gasteiger partial charge is 0.244 e. The predicted molar refractivity (Wildman–Crippen MR) is 94.0 cm³/mol. The lowest BCUT2D eigenvalue weighted by Crippen LogP contribution is -2.46. The minimum Gasteiger partial charge on any atom is -0.379 e. The van der Waals surface area contributed by atoms with Crippen LogP contribution in [-0.4, -0.2) is 64.9 Å². The van der Waals surface area contributed by atoms with E-state index in [1.807, 2.05) is 27.9 Å². The van der Waals surface area contributed by atoms with Crippen molar-refractivity contribution < 1.29 is 13.9 Å². The Morgan fingerprint density at radius 3 is 2.81 bits per heavy atom. The van der Waals surface area contributed by atoms with Crippen LogP contribution in [0.25, 0.3) is 0 Å².